The third kappa shape index (κ3) is 7.91. The zero-order valence-electron chi connectivity index (χ0n) is 27.5. The Kier molecular flexibility index (Phi) is 10.2. The first kappa shape index (κ1) is 31.1. The molecule has 4 fully saturated rings. The first-order valence-corrected chi connectivity index (χ1v) is 17.6. The normalized spacial score (nSPS) is 24.6. The SMILES string of the molecule is C1CN2CCNC2=N1.C1CN=C2NCCCN2C1.C1CN=C2NCCN2C1.c1ccc(C2CN3C[C@H](c4ccccc4)N=C3N2)cc1. The summed E-state index contributed by atoms with van der Waals surface area (Å²) in [4.78, 5) is 27.0. The monoisotopic (exact) mass is 638 g/mol. The molecule has 10 rings (SSSR count). The highest BCUT2D eigenvalue weighted by Gasteiger charge is 2.35. The summed E-state index contributed by atoms with van der Waals surface area (Å²) in [6, 6.07) is 21.8. The van der Waals surface area contributed by atoms with Gasteiger partial charge in [0.1, 0.15) is 0 Å². The van der Waals surface area contributed by atoms with E-state index in [1.54, 1.807) is 0 Å². The van der Waals surface area contributed by atoms with Gasteiger partial charge in [-0.1, -0.05) is 60.7 Å². The van der Waals surface area contributed by atoms with Gasteiger partial charge >= 0.3 is 0 Å². The molecule has 2 aromatic rings. The van der Waals surface area contributed by atoms with Crippen LogP contribution in [-0.4, -0.2) is 135 Å². The average molecular weight is 639 g/mol. The Hall–Kier alpha value is -4.48. The van der Waals surface area contributed by atoms with Gasteiger partial charge in [-0.25, -0.2) is 4.99 Å². The van der Waals surface area contributed by atoms with E-state index in [-0.39, 0.29) is 6.04 Å². The number of guanidine groups is 4. The predicted octanol–water partition coefficient (Wildman–Crippen LogP) is 1.70. The maximum Gasteiger partial charge on any atom is 0.195 e. The lowest BCUT2D eigenvalue weighted by atomic mass is 10.1. The molecule has 0 bridgehead atoms. The Morgan fingerprint density at radius 2 is 1.04 bits per heavy atom. The molecule has 0 saturated carbocycles. The largest absolute Gasteiger partial charge is 0.356 e. The minimum Gasteiger partial charge on any atom is -0.356 e. The van der Waals surface area contributed by atoms with E-state index in [2.05, 4.69) is 117 Å². The second-order valence-electron chi connectivity index (χ2n) is 12.8. The summed E-state index contributed by atoms with van der Waals surface area (Å²) in [6.07, 6.45) is 3.72. The quantitative estimate of drug-likeness (QED) is 0.394. The van der Waals surface area contributed by atoms with Crippen LogP contribution < -0.4 is 21.3 Å². The van der Waals surface area contributed by atoms with Gasteiger partial charge < -0.3 is 40.9 Å². The summed E-state index contributed by atoms with van der Waals surface area (Å²) >= 11 is 0. The molecule has 12 nitrogen and oxygen atoms in total. The molecule has 0 amide bonds. The van der Waals surface area contributed by atoms with Gasteiger partial charge in [0.15, 0.2) is 23.8 Å². The van der Waals surface area contributed by atoms with Crippen molar-refractivity contribution in [3.05, 3.63) is 71.8 Å². The van der Waals surface area contributed by atoms with E-state index in [1.165, 1.54) is 50.0 Å². The Balaban J connectivity index is 0.000000109. The average Bonchev–Trinajstić information content (AvgIpc) is 3.97. The van der Waals surface area contributed by atoms with Crippen LogP contribution in [0.1, 0.15) is 42.5 Å². The van der Waals surface area contributed by atoms with Gasteiger partial charge in [-0.15, -0.1) is 0 Å². The molecule has 2 atom stereocenters. The summed E-state index contributed by atoms with van der Waals surface area (Å²) in [5.74, 6) is 4.43. The van der Waals surface area contributed by atoms with E-state index in [0.717, 1.165) is 95.8 Å². The Bertz CT molecular complexity index is 1420. The van der Waals surface area contributed by atoms with Crippen LogP contribution >= 0.6 is 0 Å². The van der Waals surface area contributed by atoms with Gasteiger partial charge in [0.2, 0.25) is 0 Å². The summed E-state index contributed by atoms with van der Waals surface area (Å²) in [5, 5.41) is 13.3. The van der Waals surface area contributed by atoms with E-state index >= 15 is 0 Å². The van der Waals surface area contributed by atoms with Crippen LogP contribution in [0.5, 0.6) is 0 Å². The Morgan fingerprint density at radius 1 is 0.489 bits per heavy atom. The third-order valence-electron chi connectivity index (χ3n) is 9.51. The van der Waals surface area contributed by atoms with E-state index in [4.69, 9.17) is 4.99 Å². The van der Waals surface area contributed by atoms with Crippen LogP contribution in [0.15, 0.2) is 80.6 Å². The molecule has 8 aliphatic heterocycles. The zero-order chi connectivity index (χ0) is 31.7. The van der Waals surface area contributed by atoms with Crippen molar-refractivity contribution in [3.63, 3.8) is 0 Å². The van der Waals surface area contributed by atoms with Crippen molar-refractivity contribution in [1.82, 2.24) is 40.9 Å². The molecule has 0 radical (unpaired) electrons. The molecule has 8 aliphatic rings. The first-order valence-electron chi connectivity index (χ1n) is 17.6. The fourth-order valence-corrected chi connectivity index (χ4v) is 7.02. The first-order chi connectivity index (χ1) is 23.3. The third-order valence-corrected chi connectivity index (χ3v) is 9.51. The summed E-state index contributed by atoms with van der Waals surface area (Å²) < 4.78 is 0. The van der Waals surface area contributed by atoms with Crippen molar-refractivity contribution in [2.45, 2.75) is 31.3 Å². The Morgan fingerprint density at radius 3 is 1.66 bits per heavy atom. The number of hydrogen-bond acceptors (Lipinski definition) is 12. The van der Waals surface area contributed by atoms with Crippen LogP contribution in [0.2, 0.25) is 0 Å². The zero-order valence-corrected chi connectivity index (χ0v) is 27.5. The maximum absolute atomic E-state index is 4.83. The maximum atomic E-state index is 4.83. The van der Waals surface area contributed by atoms with E-state index in [1.807, 2.05) is 0 Å². The second kappa shape index (κ2) is 15.4. The van der Waals surface area contributed by atoms with Crippen molar-refractivity contribution in [2.75, 3.05) is 91.6 Å². The van der Waals surface area contributed by atoms with Gasteiger partial charge in [0.05, 0.1) is 18.6 Å². The van der Waals surface area contributed by atoms with Gasteiger partial charge in [-0.05, 0) is 30.4 Å². The molecule has 0 spiro atoms. The van der Waals surface area contributed by atoms with Gasteiger partial charge in [-0.3, -0.25) is 15.0 Å². The molecule has 47 heavy (non-hydrogen) atoms. The molecule has 4 saturated heterocycles. The topological polar surface area (TPSA) is 111 Å². The van der Waals surface area contributed by atoms with Crippen LogP contribution in [0.3, 0.4) is 0 Å². The molecule has 8 heterocycles. The molecular weight excluding hydrogens is 588 g/mol. The van der Waals surface area contributed by atoms with Crippen LogP contribution in [0.4, 0.5) is 0 Å². The van der Waals surface area contributed by atoms with Gasteiger partial charge in [0, 0.05) is 85.1 Å². The van der Waals surface area contributed by atoms with Crippen molar-refractivity contribution < 1.29 is 0 Å². The van der Waals surface area contributed by atoms with E-state index in [9.17, 15) is 0 Å². The number of hydrogen-bond donors (Lipinski definition) is 4. The molecule has 250 valence electrons. The van der Waals surface area contributed by atoms with E-state index < -0.39 is 0 Å². The highest BCUT2D eigenvalue weighted by atomic mass is 15.4. The van der Waals surface area contributed by atoms with Gasteiger partial charge in [0.25, 0.3) is 0 Å². The molecule has 1 unspecified atom stereocenters. The van der Waals surface area contributed by atoms with E-state index in [0.29, 0.717) is 6.04 Å². The van der Waals surface area contributed by atoms with Crippen LogP contribution in [-0.2, 0) is 0 Å². The number of nitrogens with one attached hydrogen (secondary N) is 4. The van der Waals surface area contributed by atoms with Crippen molar-refractivity contribution in [2.24, 2.45) is 20.0 Å². The fourth-order valence-electron chi connectivity index (χ4n) is 7.02. The fraction of sp³-hybridized carbons (Fsp3) is 0.543. The van der Waals surface area contributed by atoms with Gasteiger partial charge in [-0.2, -0.15) is 0 Å². The number of benzene rings is 2. The van der Waals surface area contributed by atoms with Crippen molar-refractivity contribution >= 4 is 23.8 Å². The molecule has 12 heteroatoms. The predicted molar refractivity (Wildman–Crippen MR) is 190 cm³/mol. The lowest BCUT2D eigenvalue weighted by molar-refractivity contribution is 0.346. The van der Waals surface area contributed by atoms with Crippen molar-refractivity contribution in [3.8, 4) is 0 Å². The summed E-state index contributed by atoms with van der Waals surface area (Å²) in [6.45, 7) is 15.3. The summed E-state index contributed by atoms with van der Waals surface area (Å²) in [7, 11) is 0. The molecule has 2 aromatic carbocycles. The minimum absolute atomic E-state index is 0.274. The van der Waals surface area contributed by atoms with Crippen LogP contribution in [0.25, 0.3) is 0 Å². The summed E-state index contributed by atoms with van der Waals surface area (Å²) in [5.41, 5.74) is 2.63. The second-order valence-corrected chi connectivity index (χ2v) is 12.8. The lowest BCUT2D eigenvalue weighted by Gasteiger charge is -2.33. The lowest BCUT2D eigenvalue weighted by Crippen LogP contribution is -2.49. The molecule has 4 N–H and O–H groups in total. The number of fused-ring (bicyclic) bond motifs is 4. The van der Waals surface area contributed by atoms with Crippen molar-refractivity contribution in [1.29, 1.82) is 0 Å². The number of rotatable bonds is 2. The molecule has 0 aromatic heterocycles. The smallest absolute Gasteiger partial charge is 0.195 e. The highest BCUT2D eigenvalue weighted by Crippen LogP contribution is 2.30. The molecular formula is C35H50N12. The standard InChI is InChI=1S/C17H17N3.C7H13N3.C6H11N3.C5H9N3/c1-3-7-13(8-4-1)15-11-20-12-16(19-17(20)18-15)14-9-5-2-6-10-14;1-3-8-7-9-4-2-6-10(7)5-1;1-2-7-6-8-3-5-9(6)4-1;1-3-8-4-2-7-5(8)6-1/h1-10,15-16H,11-12H2,(H,18,19);1-6H2,(H,8,9);1-5H2,(H,7,8);1-4H2,(H,6,7)/t15-,16?;;;/m1.../s1. The number of aliphatic imine (C=N–C) groups is 4. The molecule has 0 aliphatic carbocycles. The van der Waals surface area contributed by atoms with Crippen LogP contribution in [0, 0.1) is 0 Å². The Labute approximate surface area is 279 Å². The highest BCUT2D eigenvalue weighted by molar-refractivity contribution is 5.85. The minimum atomic E-state index is 0.274. The number of nitrogens with zero attached hydrogens (tertiary/aromatic N) is 8.